The minimum atomic E-state index is -3.62. The van der Waals surface area contributed by atoms with Gasteiger partial charge in [-0.1, -0.05) is 47.7 Å². The van der Waals surface area contributed by atoms with E-state index >= 15 is 0 Å². The molecule has 0 aliphatic carbocycles. The van der Waals surface area contributed by atoms with Crippen molar-refractivity contribution in [3.63, 3.8) is 0 Å². The molecule has 1 aliphatic rings. The maximum Gasteiger partial charge on any atom is 0.240 e. The predicted molar refractivity (Wildman–Crippen MR) is 117 cm³/mol. The van der Waals surface area contributed by atoms with E-state index in [1.165, 1.54) is 0 Å². The number of likely N-dealkylation sites (tertiary alicyclic amines) is 1. The van der Waals surface area contributed by atoms with Crippen LogP contribution in [-0.4, -0.2) is 53.9 Å². The summed E-state index contributed by atoms with van der Waals surface area (Å²) in [7, 11) is -3.62. The summed E-state index contributed by atoms with van der Waals surface area (Å²) in [6.07, 6.45) is 2.81. The zero-order valence-electron chi connectivity index (χ0n) is 17.3. The lowest BCUT2D eigenvalue weighted by Gasteiger charge is -2.16. The minimum Gasteiger partial charge on any atom is -0.340 e. The molecule has 1 amide bonds. The molecule has 9 heteroatoms. The SMILES string of the molecule is Cc1cccc(S(=O)(=O)NCCC(=O)N2CCC(n3cc(-c4ccccc4)nn3)C2)c1. The summed E-state index contributed by atoms with van der Waals surface area (Å²) < 4.78 is 29.1. The Bertz CT molecular complexity index is 1160. The van der Waals surface area contributed by atoms with Gasteiger partial charge in [0.05, 0.1) is 17.1 Å². The topological polar surface area (TPSA) is 97.2 Å². The van der Waals surface area contributed by atoms with Crippen molar-refractivity contribution in [3.8, 4) is 11.3 Å². The van der Waals surface area contributed by atoms with Crippen molar-refractivity contribution in [1.29, 1.82) is 0 Å². The average Bonchev–Trinajstić information content (AvgIpc) is 3.44. The molecule has 1 unspecified atom stereocenters. The van der Waals surface area contributed by atoms with Gasteiger partial charge in [-0.3, -0.25) is 4.79 Å². The number of hydrogen-bond donors (Lipinski definition) is 1. The second-order valence-corrected chi connectivity index (χ2v) is 9.46. The molecule has 1 fully saturated rings. The van der Waals surface area contributed by atoms with Crippen molar-refractivity contribution in [1.82, 2.24) is 24.6 Å². The molecule has 3 aromatic rings. The Balaban J connectivity index is 1.30. The van der Waals surface area contributed by atoms with Crippen LogP contribution in [0.3, 0.4) is 0 Å². The van der Waals surface area contributed by atoms with Crippen molar-refractivity contribution in [2.24, 2.45) is 0 Å². The Hall–Kier alpha value is -3.04. The third-order valence-corrected chi connectivity index (χ3v) is 6.86. The fourth-order valence-corrected chi connectivity index (χ4v) is 4.83. The average molecular weight is 440 g/mol. The highest BCUT2D eigenvalue weighted by molar-refractivity contribution is 7.89. The number of carbonyl (C=O) groups is 1. The monoisotopic (exact) mass is 439 g/mol. The van der Waals surface area contributed by atoms with E-state index in [0.717, 1.165) is 23.2 Å². The quantitative estimate of drug-likeness (QED) is 0.610. The molecule has 4 rings (SSSR count). The Morgan fingerprint density at radius 1 is 1.16 bits per heavy atom. The number of nitrogens with one attached hydrogen (secondary N) is 1. The number of carbonyl (C=O) groups excluding carboxylic acids is 1. The number of aromatic nitrogens is 3. The lowest BCUT2D eigenvalue weighted by molar-refractivity contribution is -0.130. The third-order valence-electron chi connectivity index (χ3n) is 5.40. The number of sulfonamides is 1. The molecule has 1 N–H and O–H groups in total. The van der Waals surface area contributed by atoms with Crippen LogP contribution in [0.5, 0.6) is 0 Å². The Labute approximate surface area is 181 Å². The molecule has 2 aromatic carbocycles. The molecule has 0 saturated carbocycles. The first-order valence-electron chi connectivity index (χ1n) is 10.2. The van der Waals surface area contributed by atoms with Gasteiger partial charge < -0.3 is 4.90 Å². The number of hydrogen-bond acceptors (Lipinski definition) is 5. The first-order chi connectivity index (χ1) is 14.9. The molecule has 0 radical (unpaired) electrons. The lowest BCUT2D eigenvalue weighted by atomic mass is 10.2. The van der Waals surface area contributed by atoms with Crippen LogP contribution >= 0.6 is 0 Å². The zero-order chi connectivity index (χ0) is 21.8. The molecule has 162 valence electrons. The standard InChI is InChI=1S/C22H25N5O3S/c1-17-6-5-9-20(14-17)31(29,30)23-12-10-22(28)26-13-11-19(15-26)27-16-21(24-25-27)18-7-3-2-4-8-18/h2-9,14,16,19,23H,10-13,15H2,1H3. The van der Waals surface area contributed by atoms with E-state index in [-0.39, 0.29) is 29.8 Å². The smallest absolute Gasteiger partial charge is 0.240 e. The molecule has 8 nitrogen and oxygen atoms in total. The van der Waals surface area contributed by atoms with Gasteiger partial charge in [0, 0.05) is 31.6 Å². The summed E-state index contributed by atoms with van der Waals surface area (Å²) in [6.45, 7) is 3.07. The normalized spacial score (nSPS) is 16.5. The van der Waals surface area contributed by atoms with E-state index in [4.69, 9.17) is 0 Å². The molecule has 1 atom stereocenters. The summed E-state index contributed by atoms with van der Waals surface area (Å²) in [5.41, 5.74) is 2.67. The highest BCUT2D eigenvalue weighted by atomic mass is 32.2. The second-order valence-electron chi connectivity index (χ2n) is 7.70. The maximum atomic E-state index is 12.6. The van der Waals surface area contributed by atoms with E-state index in [9.17, 15) is 13.2 Å². The van der Waals surface area contributed by atoms with Gasteiger partial charge >= 0.3 is 0 Å². The number of rotatable bonds is 7. The van der Waals surface area contributed by atoms with Crippen molar-refractivity contribution in [3.05, 3.63) is 66.4 Å². The highest BCUT2D eigenvalue weighted by Gasteiger charge is 2.28. The highest BCUT2D eigenvalue weighted by Crippen LogP contribution is 2.24. The molecule has 1 aliphatic heterocycles. The molecular weight excluding hydrogens is 414 g/mol. The number of nitrogens with zero attached hydrogens (tertiary/aromatic N) is 4. The largest absolute Gasteiger partial charge is 0.340 e. The minimum absolute atomic E-state index is 0.0672. The summed E-state index contributed by atoms with van der Waals surface area (Å²) in [4.78, 5) is 14.5. The van der Waals surface area contributed by atoms with E-state index in [0.29, 0.717) is 13.1 Å². The van der Waals surface area contributed by atoms with Crippen LogP contribution in [0.4, 0.5) is 0 Å². The first kappa shape index (κ1) is 21.2. The number of benzene rings is 2. The van der Waals surface area contributed by atoms with Gasteiger partial charge in [0.1, 0.15) is 5.69 Å². The van der Waals surface area contributed by atoms with Gasteiger partial charge in [0.15, 0.2) is 0 Å². The molecule has 2 heterocycles. The van der Waals surface area contributed by atoms with Crippen molar-refractivity contribution < 1.29 is 13.2 Å². The molecular formula is C22H25N5O3S. The fraction of sp³-hybridized carbons (Fsp3) is 0.318. The zero-order valence-corrected chi connectivity index (χ0v) is 18.1. The van der Waals surface area contributed by atoms with Gasteiger partial charge in [0.2, 0.25) is 15.9 Å². The van der Waals surface area contributed by atoms with Crippen LogP contribution in [0.2, 0.25) is 0 Å². The lowest BCUT2D eigenvalue weighted by Crippen LogP contribution is -2.33. The Morgan fingerprint density at radius 3 is 2.74 bits per heavy atom. The third kappa shape index (κ3) is 5.00. The maximum absolute atomic E-state index is 12.6. The number of aryl methyl sites for hydroxylation is 1. The number of amides is 1. The van der Waals surface area contributed by atoms with Gasteiger partial charge in [-0.15, -0.1) is 5.10 Å². The van der Waals surface area contributed by atoms with Crippen molar-refractivity contribution in [2.75, 3.05) is 19.6 Å². The molecule has 31 heavy (non-hydrogen) atoms. The Kier molecular flexibility index (Phi) is 6.15. The van der Waals surface area contributed by atoms with Crippen molar-refractivity contribution in [2.45, 2.75) is 30.7 Å². The summed E-state index contributed by atoms with van der Waals surface area (Å²) >= 11 is 0. The molecule has 0 bridgehead atoms. The van der Waals surface area contributed by atoms with Crippen LogP contribution < -0.4 is 4.72 Å². The molecule has 1 aromatic heterocycles. The van der Waals surface area contributed by atoms with Gasteiger partial charge in [0.25, 0.3) is 0 Å². The van der Waals surface area contributed by atoms with Gasteiger partial charge in [-0.2, -0.15) is 0 Å². The van der Waals surface area contributed by atoms with Crippen LogP contribution in [0.1, 0.15) is 24.4 Å². The molecule has 1 saturated heterocycles. The predicted octanol–water partition coefficient (Wildman–Crippen LogP) is 2.40. The van der Waals surface area contributed by atoms with Crippen LogP contribution in [0.25, 0.3) is 11.3 Å². The van der Waals surface area contributed by atoms with E-state index in [1.807, 2.05) is 54.2 Å². The first-order valence-corrected chi connectivity index (χ1v) is 11.7. The van der Waals surface area contributed by atoms with Gasteiger partial charge in [-0.25, -0.2) is 17.8 Å². The summed E-state index contributed by atoms with van der Waals surface area (Å²) in [6, 6.07) is 16.6. The van der Waals surface area contributed by atoms with Crippen LogP contribution in [0.15, 0.2) is 65.7 Å². The van der Waals surface area contributed by atoms with E-state index < -0.39 is 10.0 Å². The van der Waals surface area contributed by atoms with E-state index in [2.05, 4.69) is 15.0 Å². The van der Waals surface area contributed by atoms with Crippen LogP contribution in [-0.2, 0) is 14.8 Å². The van der Waals surface area contributed by atoms with Crippen LogP contribution in [0, 0.1) is 6.92 Å². The fourth-order valence-electron chi connectivity index (χ4n) is 3.70. The Morgan fingerprint density at radius 2 is 1.97 bits per heavy atom. The van der Waals surface area contributed by atoms with Crippen molar-refractivity contribution >= 4 is 15.9 Å². The van der Waals surface area contributed by atoms with Gasteiger partial charge in [-0.05, 0) is 31.0 Å². The summed E-state index contributed by atoms with van der Waals surface area (Å²) in [5, 5.41) is 8.49. The molecule has 0 spiro atoms. The second kappa shape index (κ2) is 8.99. The van der Waals surface area contributed by atoms with E-state index in [1.54, 1.807) is 23.1 Å². The summed E-state index contributed by atoms with van der Waals surface area (Å²) in [5.74, 6) is -0.0714.